The fourth-order valence-corrected chi connectivity index (χ4v) is 1.81. The molecule has 0 aliphatic heterocycles. The Morgan fingerprint density at radius 3 is 2.59 bits per heavy atom. The van der Waals surface area contributed by atoms with E-state index in [0.29, 0.717) is 24.2 Å². The van der Waals surface area contributed by atoms with E-state index in [-0.39, 0.29) is 6.61 Å². The summed E-state index contributed by atoms with van der Waals surface area (Å²) < 4.78 is 9.99. The molecule has 17 heavy (non-hydrogen) atoms. The van der Waals surface area contributed by atoms with E-state index in [4.69, 9.17) is 14.6 Å². The second-order valence-electron chi connectivity index (χ2n) is 3.82. The third kappa shape index (κ3) is 3.20. The van der Waals surface area contributed by atoms with Gasteiger partial charge in [0.05, 0.1) is 14.2 Å². The fraction of sp³-hybridized carbons (Fsp3) is 0.462. The number of benzene rings is 1. The number of rotatable bonds is 5. The molecule has 94 valence electrons. The Bertz CT molecular complexity index is 399. The molecule has 0 radical (unpaired) electrons. The average Bonchev–Trinajstić information content (AvgIpc) is 2.34. The summed E-state index contributed by atoms with van der Waals surface area (Å²) >= 11 is 0. The van der Waals surface area contributed by atoms with Crippen LogP contribution in [0.1, 0.15) is 27.9 Å². The smallest absolute Gasteiger partial charge is 0.341 e. The van der Waals surface area contributed by atoms with Gasteiger partial charge in [-0.15, -0.1) is 0 Å². The van der Waals surface area contributed by atoms with Crippen LogP contribution < -0.4 is 4.74 Å². The Labute approximate surface area is 101 Å². The molecule has 4 nitrogen and oxygen atoms in total. The molecular formula is C13H18O4. The average molecular weight is 238 g/mol. The van der Waals surface area contributed by atoms with Crippen LogP contribution >= 0.6 is 0 Å². The summed E-state index contributed by atoms with van der Waals surface area (Å²) in [4.78, 5) is 11.6. The van der Waals surface area contributed by atoms with Gasteiger partial charge in [-0.2, -0.15) is 0 Å². The van der Waals surface area contributed by atoms with Crippen molar-refractivity contribution in [2.24, 2.45) is 0 Å². The summed E-state index contributed by atoms with van der Waals surface area (Å²) in [5.41, 5.74) is 2.32. The maximum Gasteiger partial charge on any atom is 0.341 e. The number of hydrogen-bond donors (Lipinski definition) is 1. The lowest BCUT2D eigenvalue weighted by Gasteiger charge is -2.13. The summed E-state index contributed by atoms with van der Waals surface area (Å²) in [5.74, 6) is 0.131. The van der Waals surface area contributed by atoms with E-state index in [0.717, 1.165) is 11.1 Å². The predicted molar refractivity (Wildman–Crippen MR) is 64.5 cm³/mol. The Morgan fingerprint density at radius 2 is 2.06 bits per heavy atom. The van der Waals surface area contributed by atoms with Gasteiger partial charge in [-0.3, -0.25) is 0 Å². The van der Waals surface area contributed by atoms with Gasteiger partial charge in [-0.25, -0.2) is 4.79 Å². The number of methoxy groups -OCH3 is 2. The topological polar surface area (TPSA) is 55.8 Å². The molecule has 0 aromatic heterocycles. The Balaban J connectivity index is 3.19. The van der Waals surface area contributed by atoms with Crippen LogP contribution in [0.5, 0.6) is 5.75 Å². The fourth-order valence-electron chi connectivity index (χ4n) is 1.81. The number of aryl methyl sites for hydroxylation is 2. The molecule has 0 spiro atoms. The number of hydrogen-bond acceptors (Lipinski definition) is 4. The minimum Gasteiger partial charge on any atom is -0.496 e. The highest BCUT2D eigenvalue weighted by Gasteiger charge is 2.16. The van der Waals surface area contributed by atoms with Crippen LogP contribution in [0.25, 0.3) is 0 Å². The zero-order valence-electron chi connectivity index (χ0n) is 10.4. The molecule has 1 rings (SSSR count). The Morgan fingerprint density at radius 1 is 1.35 bits per heavy atom. The van der Waals surface area contributed by atoms with Crippen LogP contribution in [0.3, 0.4) is 0 Å². The van der Waals surface area contributed by atoms with Crippen LogP contribution in [-0.2, 0) is 11.2 Å². The molecule has 4 heteroatoms. The summed E-state index contributed by atoms with van der Waals surface area (Å²) in [7, 11) is 2.87. The zero-order chi connectivity index (χ0) is 12.8. The zero-order valence-corrected chi connectivity index (χ0v) is 10.4. The molecule has 1 aromatic rings. The van der Waals surface area contributed by atoms with E-state index in [2.05, 4.69) is 0 Å². The van der Waals surface area contributed by atoms with Crippen LogP contribution in [0.15, 0.2) is 12.1 Å². The van der Waals surface area contributed by atoms with E-state index in [1.807, 2.05) is 13.0 Å². The minimum atomic E-state index is -0.407. The summed E-state index contributed by atoms with van der Waals surface area (Å²) in [6.45, 7) is 2.03. The normalized spacial score (nSPS) is 10.1. The maximum atomic E-state index is 11.6. The van der Waals surface area contributed by atoms with Gasteiger partial charge < -0.3 is 14.6 Å². The quantitative estimate of drug-likeness (QED) is 0.793. The first kappa shape index (κ1) is 13.5. The number of carbonyl (C=O) groups is 1. The van der Waals surface area contributed by atoms with Crippen molar-refractivity contribution >= 4 is 5.97 Å². The highest BCUT2D eigenvalue weighted by molar-refractivity contribution is 5.93. The van der Waals surface area contributed by atoms with Crippen molar-refractivity contribution in [3.05, 3.63) is 28.8 Å². The molecule has 0 saturated carbocycles. The number of carbonyl (C=O) groups excluding carboxylic acids is 1. The van der Waals surface area contributed by atoms with Crippen molar-refractivity contribution in [3.63, 3.8) is 0 Å². The SMILES string of the molecule is COC(=O)c1cc(C)cc(CCCO)c1OC. The second-order valence-corrected chi connectivity index (χ2v) is 3.82. The highest BCUT2D eigenvalue weighted by atomic mass is 16.5. The standard InChI is InChI=1S/C13H18O4/c1-9-7-10(5-4-6-14)12(16-2)11(8-9)13(15)17-3/h7-8,14H,4-6H2,1-3H3. The maximum absolute atomic E-state index is 11.6. The van der Waals surface area contributed by atoms with Crippen molar-refractivity contribution in [2.45, 2.75) is 19.8 Å². The van der Waals surface area contributed by atoms with Crippen LogP contribution in [0.2, 0.25) is 0 Å². The molecule has 0 bridgehead atoms. The van der Waals surface area contributed by atoms with E-state index < -0.39 is 5.97 Å². The molecule has 0 heterocycles. The van der Waals surface area contributed by atoms with E-state index in [1.54, 1.807) is 6.07 Å². The number of esters is 1. The molecular weight excluding hydrogens is 220 g/mol. The number of aliphatic hydroxyl groups excluding tert-OH is 1. The van der Waals surface area contributed by atoms with E-state index in [1.165, 1.54) is 14.2 Å². The molecule has 0 amide bonds. The van der Waals surface area contributed by atoms with Gasteiger partial charge in [-0.1, -0.05) is 6.07 Å². The van der Waals surface area contributed by atoms with Gasteiger partial charge in [0.15, 0.2) is 0 Å². The summed E-state index contributed by atoms with van der Waals surface area (Å²) in [6.07, 6.45) is 1.31. The van der Waals surface area contributed by atoms with Gasteiger partial charge in [-0.05, 0) is 37.0 Å². The third-order valence-electron chi connectivity index (χ3n) is 2.52. The Kier molecular flexibility index (Phi) is 4.97. The molecule has 0 saturated heterocycles. The lowest BCUT2D eigenvalue weighted by molar-refractivity contribution is 0.0596. The molecule has 0 unspecified atom stereocenters. The molecule has 1 N–H and O–H groups in total. The first-order valence-corrected chi connectivity index (χ1v) is 5.50. The molecule has 0 aliphatic carbocycles. The monoisotopic (exact) mass is 238 g/mol. The van der Waals surface area contributed by atoms with Crippen LogP contribution in [-0.4, -0.2) is 31.9 Å². The van der Waals surface area contributed by atoms with Crippen molar-refractivity contribution in [2.75, 3.05) is 20.8 Å². The van der Waals surface area contributed by atoms with Crippen molar-refractivity contribution in [3.8, 4) is 5.75 Å². The Hall–Kier alpha value is -1.55. The summed E-state index contributed by atoms with van der Waals surface area (Å²) in [5, 5.41) is 8.85. The predicted octanol–water partition coefficient (Wildman–Crippen LogP) is 1.72. The largest absolute Gasteiger partial charge is 0.496 e. The van der Waals surface area contributed by atoms with Gasteiger partial charge in [0, 0.05) is 6.61 Å². The summed E-state index contributed by atoms with van der Waals surface area (Å²) in [6, 6.07) is 3.70. The van der Waals surface area contributed by atoms with Crippen molar-refractivity contribution < 1.29 is 19.4 Å². The lowest BCUT2D eigenvalue weighted by Crippen LogP contribution is -2.07. The molecule has 0 fully saturated rings. The second kappa shape index (κ2) is 6.25. The first-order valence-electron chi connectivity index (χ1n) is 5.50. The minimum absolute atomic E-state index is 0.116. The van der Waals surface area contributed by atoms with E-state index in [9.17, 15) is 4.79 Å². The van der Waals surface area contributed by atoms with Gasteiger partial charge in [0.25, 0.3) is 0 Å². The van der Waals surface area contributed by atoms with Gasteiger partial charge >= 0.3 is 5.97 Å². The van der Waals surface area contributed by atoms with Crippen LogP contribution in [0.4, 0.5) is 0 Å². The highest BCUT2D eigenvalue weighted by Crippen LogP contribution is 2.27. The van der Waals surface area contributed by atoms with Gasteiger partial charge in [0.2, 0.25) is 0 Å². The van der Waals surface area contributed by atoms with Crippen LogP contribution in [0, 0.1) is 6.92 Å². The van der Waals surface area contributed by atoms with Crippen molar-refractivity contribution in [1.82, 2.24) is 0 Å². The first-order chi connectivity index (χ1) is 8.13. The lowest BCUT2D eigenvalue weighted by atomic mass is 10.0. The molecule has 0 aliphatic rings. The number of ether oxygens (including phenoxy) is 2. The molecule has 1 aromatic carbocycles. The van der Waals surface area contributed by atoms with E-state index >= 15 is 0 Å². The van der Waals surface area contributed by atoms with Crippen molar-refractivity contribution in [1.29, 1.82) is 0 Å². The van der Waals surface area contributed by atoms with Gasteiger partial charge in [0.1, 0.15) is 11.3 Å². The molecule has 0 atom stereocenters. The third-order valence-corrected chi connectivity index (χ3v) is 2.52. The number of aliphatic hydroxyl groups is 1.